The average Bonchev–Trinajstić information content (AvgIpc) is 3.25. The van der Waals surface area contributed by atoms with Crippen LogP contribution in [0.2, 0.25) is 0 Å². The van der Waals surface area contributed by atoms with Crippen molar-refractivity contribution >= 4 is 23.6 Å². The lowest BCUT2D eigenvalue weighted by molar-refractivity contribution is -0.291. The quantitative estimate of drug-likeness (QED) is 0.0253. The van der Waals surface area contributed by atoms with Crippen LogP contribution in [-0.2, 0) is 23.9 Å². The second kappa shape index (κ2) is 38.0. The largest absolute Gasteiger partial charge is 0.481 e. The molecule has 0 aromatic carbocycles. The fourth-order valence-electron chi connectivity index (χ4n) is 9.11. The van der Waals surface area contributed by atoms with E-state index < -0.39 is 60.4 Å². The number of unbranched alkanes of at least 4 members (excludes halogenated alkanes) is 30. The van der Waals surface area contributed by atoms with Crippen molar-refractivity contribution in [3.8, 4) is 0 Å². The van der Waals surface area contributed by atoms with Crippen molar-refractivity contribution in [2.45, 2.75) is 282 Å². The van der Waals surface area contributed by atoms with Gasteiger partial charge >= 0.3 is 5.97 Å². The van der Waals surface area contributed by atoms with Gasteiger partial charge in [-0.1, -0.05) is 200 Å². The maximum Gasteiger partial charge on any atom is 0.303 e. The first-order valence-electron chi connectivity index (χ1n) is 26.2. The number of Topliss-reactive ketones (excluding diaryl/α,β-unsaturated/α-hetero) is 1. The van der Waals surface area contributed by atoms with Gasteiger partial charge in [-0.25, -0.2) is 0 Å². The molecular formula is C51H97N3O9. The number of carboxylic acids is 1. The Morgan fingerprint density at radius 1 is 0.571 bits per heavy atom. The number of hydrogen-bond acceptors (Lipinski definition) is 9. The maximum absolute atomic E-state index is 14.2. The molecule has 0 radical (unpaired) electrons. The molecule has 0 saturated carbocycles. The fourth-order valence-corrected chi connectivity index (χ4v) is 9.11. The molecule has 0 unspecified atom stereocenters. The van der Waals surface area contributed by atoms with E-state index >= 15 is 0 Å². The average molecular weight is 896 g/mol. The number of carbonyl (C=O) groups excluding carboxylic acids is 3. The van der Waals surface area contributed by atoms with E-state index in [1.54, 1.807) is 0 Å². The molecule has 12 heteroatoms. The minimum Gasteiger partial charge on any atom is -0.481 e. The lowest BCUT2D eigenvalue weighted by atomic mass is 9.80. The molecule has 6 atom stereocenters. The van der Waals surface area contributed by atoms with Crippen molar-refractivity contribution in [2.75, 3.05) is 13.2 Å². The Kier molecular flexibility index (Phi) is 35.6. The van der Waals surface area contributed by atoms with Gasteiger partial charge in [0.25, 0.3) is 0 Å². The molecule has 12 nitrogen and oxygen atoms in total. The summed E-state index contributed by atoms with van der Waals surface area (Å²) in [7, 11) is 0. The second-order valence-electron chi connectivity index (χ2n) is 18.9. The van der Waals surface area contributed by atoms with Gasteiger partial charge in [0.2, 0.25) is 17.7 Å². The number of aliphatic carboxylic acids is 1. The molecule has 0 spiro atoms. The van der Waals surface area contributed by atoms with Crippen LogP contribution < -0.4 is 11.1 Å². The molecule has 0 aromatic rings. The SMILES string of the molecule is CCCCCCCCCCCCCCCCCCN(C(=O)CCCCCCCCCCCCCCCCC)[C@]1(N)O[C@H](CO)[C@@H](O)[C@H](O)[C@H]1C(=O)[C@H](C)NC(=O)CCCCC(=O)O. The summed E-state index contributed by atoms with van der Waals surface area (Å²) in [6.45, 7) is 5.43. The number of nitrogens with zero attached hydrogens (tertiary/aromatic N) is 1. The van der Waals surface area contributed by atoms with E-state index in [1.165, 1.54) is 153 Å². The Bertz CT molecular complexity index is 1170. The van der Waals surface area contributed by atoms with Crippen LogP contribution in [0.15, 0.2) is 0 Å². The van der Waals surface area contributed by atoms with Crippen molar-refractivity contribution < 1.29 is 44.3 Å². The van der Waals surface area contributed by atoms with E-state index in [1.807, 2.05) is 0 Å². The number of aliphatic hydroxyl groups is 3. The molecule has 0 aromatic heterocycles. The van der Waals surface area contributed by atoms with Gasteiger partial charge in [0.05, 0.1) is 18.8 Å². The van der Waals surface area contributed by atoms with Gasteiger partial charge in [0, 0.05) is 25.8 Å². The summed E-state index contributed by atoms with van der Waals surface area (Å²) in [5, 5.41) is 44.1. The number of rotatable bonds is 43. The lowest BCUT2D eigenvalue weighted by Crippen LogP contribution is -2.76. The number of ketones is 1. The van der Waals surface area contributed by atoms with Crippen LogP contribution in [0.3, 0.4) is 0 Å². The number of ether oxygens (including phenoxy) is 1. The standard InChI is InChI=1S/C51H97N3O9/c1-4-6-8-10-12-14-16-18-20-22-24-26-28-30-32-36-40-54(45(57)38-33-31-29-27-25-23-21-19-17-15-13-11-9-7-5-2)51(52)47(50(62)49(61)43(41-55)63-51)48(60)42(3)53-44(56)37-34-35-39-46(58)59/h42-43,47,49-50,55,61-62H,4-41,52H2,1-3H3,(H,53,56)(H,58,59)/t42-,43+,47+,49+,50+,51-/m0/s1. The van der Waals surface area contributed by atoms with Crippen LogP contribution in [0.4, 0.5) is 0 Å². The highest BCUT2D eigenvalue weighted by Crippen LogP contribution is 2.37. The number of nitrogens with one attached hydrogen (secondary N) is 1. The predicted molar refractivity (Wildman–Crippen MR) is 254 cm³/mol. The smallest absolute Gasteiger partial charge is 0.303 e. The van der Waals surface area contributed by atoms with Crippen LogP contribution in [0.1, 0.15) is 252 Å². The molecule has 2 amide bonds. The van der Waals surface area contributed by atoms with Gasteiger partial charge in [-0.15, -0.1) is 0 Å². The molecule has 370 valence electrons. The first kappa shape index (κ1) is 58.9. The van der Waals surface area contributed by atoms with E-state index in [2.05, 4.69) is 19.2 Å². The van der Waals surface area contributed by atoms with Gasteiger partial charge in [-0.05, 0) is 32.6 Å². The third-order valence-corrected chi connectivity index (χ3v) is 13.1. The van der Waals surface area contributed by atoms with Crippen LogP contribution in [0.5, 0.6) is 0 Å². The Labute approximate surface area is 384 Å². The highest BCUT2D eigenvalue weighted by atomic mass is 16.6. The summed E-state index contributed by atoms with van der Waals surface area (Å²) in [6.07, 6.45) is 33.0. The van der Waals surface area contributed by atoms with Crippen molar-refractivity contribution in [3.63, 3.8) is 0 Å². The Morgan fingerprint density at radius 2 is 0.937 bits per heavy atom. The van der Waals surface area contributed by atoms with E-state index in [4.69, 9.17) is 15.6 Å². The van der Waals surface area contributed by atoms with E-state index in [0.717, 1.165) is 44.9 Å². The van der Waals surface area contributed by atoms with Gasteiger partial charge in [0.1, 0.15) is 18.1 Å². The monoisotopic (exact) mass is 896 g/mol. The second-order valence-corrected chi connectivity index (χ2v) is 18.9. The van der Waals surface area contributed by atoms with Gasteiger partial charge < -0.3 is 35.4 Å². The van der Waals surface area contributed by atoms with Gasteiger partial charge in [0.15, 0.2) is 5.78 Å². The highest BCUT2D eigenvalue weighted by molar-refractivity contribution is 5.92. The Morgan fingerprint density at radius 3 is 1.33 bits per heavy atom. The Hall–Kier alpha value is -2.12. The topological polar surface area (TPSA) is 200 Å². The van der Waals surface area contributed by atoms with Crippen molar-refractivity contribution in [1.29, 1.82) is 0 Å². The van der Waals surface area contributed by atoms with E-state index in [9.17, 15) is 34.5 Å². The lowest BCUT2D eigenvalue weighted by Gasteiger charge is -2.53. The maximum atomic E-state index is 14.2. The molecule has 1 fully saturated rings. The van der Waals surface area contributed by atoms with Crippen molar-refractivity contribution in [3.05, 3.63) is 0 Å². The summed E-state index contributed by atoms with van der Waals surface area (Å²) in [5.41, 5.74) is 7.00. The summed E-state index contributed by atoms with van der Waals surface area (Å²) >= 11 is 0. The summed E-state index contributed by atoms with van der Waals surface area (Å²) < 4.78 is 6.12. The molecule has 7 N–H and O–H groups in total. The molecule has 63 heavy (non-hydrogen) atoms. The number of nitrogens with two attached hydrogens (primary N) is 1. The Balaban J connectivity index is 2.85. The zero-order chi connectivity index (χ0) is 46.6. The van der Waals surface area contributed by atoms with Crippen LogP contribution in [-0.4, -0.2) is 92.2 Å². The first-order chi connectivity index (χ1) is 30.4. The molecule has 1 saturated heterocycles. The number of hydrogen-bond donors (Lipinski definition) is 6. The number of carbonyl (C=O) groups is 4. The predicted octanol–water partition coefficient (Wildman–Crippen LogP) is 10.4. The number of aliphatic hydroxyl groups excluding tert-OH is 3. The summed E-state index contributed by atoms with van der Waals surface area (Å²) in [5.74, 6) is -6.27. The molecule has 0 aliphatic carbocycles. The highest BCUT2D eigenvalue weighted by Gasteiger charge is 2.59. The third-order valence-electron chi connectivity index (χ3n) is 13.1. The first-order valence-corrected chi connectivity index (χ1v) is 26.2. The van der Waals surface area contributed by atoms with Crippen LogP contribution in [0.25, 0.3) is 0 Å². The molecule has 1 heterocycles. The third kappa shape index (κ3) is 26.6. The minimum atomic E-state index is -2.19. The number of amides is 2. The van der Waals surface area contributed by atoms with Crippen LogP contribution in [0, 0.1) is 5.92 Å². The molecule has 0 bridgehead atoms. The fraction of sp³-hybridized carbons (Fsp3) is 0.922. The molecule has 1 rings (SSSR count). The molecule has 1 aliphatic heterocycles. The zero-order valence-corrected chi connectivity index (χ0v) is 40.6. The van der Waals surface area contributed by atoms with Gasteiger partial charge in [-0.2, -0.15) is 0 Å². The zero-order valence-electron chi connectivity index (χ0n) is 40.6. The normalized spacial score (nSPS) is 20.4. The minimum absolute atomic E-state index is 0.000714. The summed E-state index contributed by atoms with van der Waals surface area (Å²) in [6, 6.07) is -1.16. The van der Waals surface area contributed by atoms with E-state index in [0.29, 0.717) is 25.7 Å². The number of carboxylic acid groups (broad SMARTS) is 1. The van der Waals surface area contributed by atoms with Crippen molar-refractivity contribution in [2.24, 2.45) is 11.7 Å². The summed E-state index contributed by atoms with van der Waals surface area (Å²) in [4.78, 5) is 53.3. The molecule has 1 aliphatic rings. The van der Waals surface area contributed by atoms with Gasteiger partial charge in [-0.3, -0.25) is 24.9 Å². The van der Waals surface area contributed by atoms with Crippen molar-refractivity contribution in [1.82, 2.24) is 10.2 Å². The van der Waals surface area contributed by atoms with Crippen LogP contribution >= 0.6 is 0 Å². The molecular weight excluding hydrogens is 799 g/mol. The van der Waals surface area contributed by atoms with E-state index in [-0.39, 0.29) is 31.7 Å².